The topological polar surface area (TPSA) is 75.5 Å². The summed E-state index contributed by atoms with van der Waals surface area (Å²) >= 11 is 0. The van der Waals surface area contributed by atoms with Gasteiger partial charge in [0.1, 0.15) is 5.82 Å². The summed E-state index contributed by atoms with van der Waals surface area (Å²) in [5.74, 6) is 0.734. The molecule has 33 heavy (non-hydrogen) atoms. The number of piperidine rings is 1. The van der Waals surface area contributed by atoms with Crippen LogP contribution in [0.2, 0.25) is 0 Å². The molecule has 1 aliphatic heterocycles. The summed E-state index contributed by atoms with van der Waals surface area (Å²) in [6.07, 6.45) is 1.05. The molecule has 0 aliphatic carbocycles. The van der Waals surface area contributed by atoms with Gasteiger partial charge in [-0.2, -0.15) is 4.31 Å². The predicted molar refractivity (Wildman–Crippen MR) is 129 cm³/mol. The summed E-state index contributed by atoms with van der Waals surface area (Å²) in [6, 6.07) is 13.4. The van der Waals surface area contributed by atoms with Gasteiger partial charge in [-0.3, -0.25) is 4.79 Å². The highest BCUT2D eigenvalue weighted by molar-refractivity contribution is 7.89. The molecule has 176 valence electrons. The maximum Gasteiger partial charge on any atom is 0.243 e. The van der Waals surface area contributed by atoms with E-state index in [0.29, 0.717) is 37.4 Å². The average Bonchev–Trinajstić information content (AvgIpc) is 3.15. The minimum atomic E-state index is -3.56. The fourth-order valence-electron chi connectivity index (χ4n) is 4.77. The molecule has 1 amide bonds. The van der Waals surface area contributed by atoms with Crippen molar-refractivity contribution in [3.63, 3.8) is 0 Å². The maximum atomic E-state index is 13.2. The summed E-state index contributed by atoms with van der Waals surface area (Å²) in [5.41, 5.74) is 3.79. The van der Waals surface area contributed by atoms with E-state index < -0.39 is 10.0 Å². The van der Waals surface area contributed by atoms with Crippen molar-refractivity contribution in [2.45, 2.75) is 51.6 Å². The Kier molecular flexibility index (Phi) is 6.59. The summed E-state index contributed by atoms with van der Waals surface area (Å²) in [6.45, 7) is 7.78. The lowest BCUT2D eigenvalue weighted by molar-refractivity contribution is -0.136. The lowest BCUT2D eigenvalue weighted by Gasteiger charge is -2.32. The van der Waals surface area contributed by atoms with Crippen molar-refractivity contribution in [3.05, 3.63) is 59.4 Å². The number of benzene rings is 2. The molecular formula is C25H32N4O3S. The zero-order valence-electron chi connectivity index (χ0n) is 19.8. The van der Waals surface area contributed by atoms with Crippen LogP contribution in [0, 0.1) is 19.8 Å². The molecule has 3 aromatic rings. The number of hydrogen-bond donors (Lipinski definition) is 0. The van der Waals surface area contributed by atoms with E-state index in [2.05, 4.69) is 11.5 Å². The van der Waals surface area contributed by atoms with Gasteiger partial charge in [0.2, 0.25) is 15.9 Å². The Morgan fingerprint density at radius 1 is 1.12 bits per heavy atom. The van der Waals surface area contributed by atoms with E-state index >= 15 is 0 Å². The number of hydrogen-bond acceptors (Lipinski definition) is 4. The molecule has 1 fully saturated rings. The van der Waals surface area contributed by atoms with Crippen molar-refractivity contribution < 1.29 is 13.2 Å². The molecule has 4 rings (SSSR count). The first kappa shape index (κ1) is 23.4. The largest absolute Gasteiger partial charge is 0.338 e. The van der Waals surface area contributed by atoms with Gasteiger partial charge in [0.25, 0.3) is 0 Å². The molecule has 8 heteroatoms. The molecule has 1 aliphatic rings. The Balaban J connectivity index is 1.42. The first-order chi connectivity index (χ1) is 15.7. The molecule has 2 aromatic carbocycles. The van der Waals surface area contributed by atoms with Gasteiger partial charge in [-0.15, -0.1) is 0 Å². The second kappa shape index (κ2) is 9.27. The molecule has 7 nitrogen and oxygen atoms in total. The van der Waals surface area contributed by atoms with E-state index in [0.717, 1.165) is 34.5 Å². The molecule has 1 saturated heterocycles. The van der Waals surface area contributed by atoms with Crippen LogP contribution in [0.3, 0.4) is 0 Å². The van der Waals surface area contributed by atoms with Crippen LogP contribution in [0.15, 0.2) is 47.4 Å². The number of carbonyl (C=O) groups is 1. The van der Waals surface area contributed by atoms with E-state index in [1.807, 2.05) is 50.2 Å². The third-order valence-electron chi connectivity index (χ3n) is 6.56. The molecule has 0 bridgehead atoms. The number of imidazole rings is 1. The highest BCUT2D eigenvalue weighted by atomic mass is 32.2. The van der Waals surface area contributed by atoms with E-state index in [1.54, 1.807) is 18.0 Å². The van der Waals surface area contributed by atoms with Gasteiger partial charge in [0.05, 0.1) is 22.5 Å². The standard InChI is InChI=1S/C25H32N4O3S/c1-5-29-22-9-7-6-8-21(22)26-24(29)17-27(4)25(30)20-12-14-28(15-13-20)33(31,32)23-11-10-18(2)16-19(23)3/h6-11,16,20H,5,12-15,17H2,1-4H3. The average molecular weight is 469 g/mol. The van der Waals surface area contributed by atoms with Gasteiger partial charge in [-0.05, 0) is 57.4 Å². The van der Waals surface area contributed by atoms with Gasteiger partial charge < -0.3 is 9.47 Å². The molecule has 1 aromatic heterocycles. The van der Waals surface area contributed by atoms with Crippen molar-refractivity contribution in [2.24, 2.45) is 5.92 Å². The number of amides is 1. The van der Waals surface area contributed by atoms with Gasteiger partial charge in [-0.1, -0.05) is 29.8 Å². The minimum Gasteiger partial charge on any atom is -0.338 e. The zero-order valence-corrected chi connectivity index (χ0v) is 20.6. The number of aromatic nitrogens is 2. The first-order valence-corrected chi connectivity index (χ1v) is 12.9. The van der Waals surface area contributed by atoms with Crippen LogP contribution in [0.25, 0.3) is 11.0 Å². The van der Waals surface area contributed by atoms with Crippen molar-refractivity contribution in [3.8, 4) is 0 Å². The monoisotopic (exact) mass is 468 g/mol. The quantitative estimate of drug-likeness (QED) is 0.552. The summed E-state index contributed by atoms with van der Waals surface area (Å²) < 4.78 is 29.9. The SMILES string of the molecule is CCn1c(CN(C)C(=O)C2CCN(S(=O)(=O)c3ccc(C)cc3C)CC2)nc2ccccc21. The van der Waals surface area contributed by atoms with E-state index in [1.165, 1.54) is 4.31 Å². The Bertz CT molecular complexity index is 1270. The fraction of sp³-hybridized carbons (Fsp3) is 0.440. The summed E-state index contributed by atoms with van der Waals surface area (Å²) in [5, 5.41) is 0. The fourth-order valence-corrected chi connectivity index (χ4v) is 6.45. The second-order valence-electron chi connectivity index (χ2n) is 8.90. The second-order valence-corrected chi connectivity index (χ2v) is 10.8. The van der Waals surface area contributed by atoms with Crippen LogP contribution in [0.1, 0.15) is 36.7 Å². The smallest absolute Gasteiger partial charge is 0.243 e. The number of nitrogens with zero attached hydrogens (tertiary/aromatic N) is 4. The van der Waals surface area contributed by atoms with Crippen LogP contribution in [-0.2, 0) is 27.9 Å². The number of fused-ring (bicyclic) bond motifs is 1. The molecule has 0 atom stereocenters. The molecule has 0 radical (unpaired) electrons. The lowest BCUT2D eigenvalue weighted by Crippen LogP contribution is -2.43. The van der Waals surface area contributed by atoms with Crippen LogP contribution in [0.5, 0.6) is 0 Å². The molecular weight excluding hydrogens is 436 g/mol. The molecule has 2 heterocycles. The number of aryl methyl sites for hydroxylation is 3. The summed E-state index contributed by atoms with van der Waals surface area (Å²) in [4.78, 5) is 20.0. The van der Waals surface area contributed by atoms with Gasteiger partial charge in [0, 0.05) is 32.6 Å². The normalized spacial score (nSPS) is 15.8. The van der Waals surface area contributed by atoms with Gasteiger partial charge >= 0.3 is 0 Å². The van der Waals surface area contributed by atoms with Crippen molar-refractivity contribution >= 4 is 27.0 Å². The van der Waals surface area contributed by atoms with E-state index in [4.69, 9.17) is 4.98 Å². The van der Waals surface area contributed by atoms with Gasteiger partial charge in [0.15, 0.2) is 0 Å². The van der Waals surface area contributed by atoms with Crippen LogP contribution in [-0.4, -0.2) is 53.2 Å². The highest BCUT2D eigenvalue weighted by Gasteiger charge is 2.34. The lowest BCUT2D eigenvalue weighted by atomic mass is 9.96. The highest BCUT2D eigenvalue weighted by Crippen LogP contribution is 2.27. The van der Waals surface area contributed by atoms with E-state index in [9.17, 15) is 13.2 Å². The van der Waals surface area contributed by atoms with Crippen LogP contribution < -0.4 is 0 Å². The molecule has 0 N–H and O–H groups in total. The molecule has 0 saturated carbocycles. The molecule has 0 spiro atoms. The first-order valence-electron chi connectivity index (χ1n) is 11.5. The van der Waals surface area contributed by atoms with Crippen molar-refractivity contribution in [2.75, 3.05) is 20.1 Å². The number of sulfonamides is 1. The third kappa shape index (κ3) is 4.54. The Labute approximate surface area is 196 Å². The van der Waals surface area contributed by atoms with Crippen molar-refractivity contribution in [1.29, 1.82) is 0 Å². The van der Waals surface area contributed by atoms with Gasteiger partial charge in [-0.25, -0.2) is 13.4 Å². The number of para-hydroxylation sites is 2. The predicted octanol–water partition coefficient (Wildman–Crippen LogP) is 3.73. The van der Waals surface area contributed by atoms with Crippen LogP contribution >= 0.6 is 0 Å². The molecule has 0 unspecified atom stereocenters. The number of rotatable bonds is 6. The Morgan fingerprint density at radius 3 is 2.48 bits per heavy atom. The third-order valence-corrected chi connectivity index (χ3v) is 8.61. The zero-order chi connectivity index (χ0) is 23.8. The maximum absolute atomic E-state index is 13.2. The Hall–Kier alpha value is -2.71. The minimum absolute atomic E-state index is 0.0493. The van der Waals surface area contributed by atoms with E-state index in [-0.39, 0.29) is 11.8 Å². The Morgan fingerprint density at radius 2 is 1.82 bits per heavy atom. The number of carbonyl (C=O) groups excluding carboxylic acids is 1. The van der Waals surface area contributed by atoms with Crippen LogP contribution in [0.4, 0.5) is 0 Å². The summed E-state index contributed by atoms with van der Waals surface area (Å²) in [7, 11) is -1.75. The van der Waals surface area contributed by atoms with Crippen molar-refractivity contribution in [1.82, 2.24) is 18.8 Å².